The van der Waals surface area contributed by atoms with E-state index in [0.29, 0.717) is 17.7 Å². The second-order valence-electron chi connectivity index (χ2n) is 7.36. The van der Waals surface area contributed by atoms with Crippen LogP contribution in [0, 0.1) is 22.7 Å². The molecule has 4 rings (SSSR count). The number of benzene rings is 4. The van der Waals surface area contributed by atoms with E-state index in [1.807, 2.05) is 72.8 Å². The monoisotopic (exact) mass is 452 g/mol. The second-order valence-corrected chi connectivity index (χ2v) is 7.36. The summed E-state index contributed by atoms with van der Waals surface area (Å²) in [4.78, 5) is 11.7. The molecule has 1 atom stereocenters. The van der Waals surface area contributed by atoms with Gasteiger partial charge in [-0.25, -0.2) is 0 Å². The van der Waals surface area contributed by atoms with Gasteiger partial charge in [-0.2, -0.15) is 10.5 Å². The van der Waals surface area contributed by atoms with Crippen molar-refractivity contribution in [3.8, 4) is 23.6 Å². The van der Waals surface area contributed by atoms with E-state index >= 15 is 0 Å². The number of carbonyl (C=O) groups is 1. The minimum Gasteiger partial charge on any atom is -0.497 e. The third kappa shape index (κ3) is 5.26. The Hall–Kier alpha value is -4.55. The fourth-order valence-electron chi connectivity index (χ4n) is 3.70. The Morgan fingerprint density at radius 2 is 1.41 bits per heavy atom. The van der Waals surface area contributed by atoms with Crippen LogP contribution < -0.4 is 9.47 Å². The molecular weight excluding hydrogens is 428 g/mol. The number of methoxy groups -OCH3 is 3. The number of ether oxygens (including phenoxy) is 3. The van der Waals surface area contributed by atoms with Gasteiger partial charge in [-0.1, -0.05) is 48.5 Å². The van der Waals surface area contributed by atoms with Crippen LogP contribution in [0.3, 0.4) is 0 Å². The van der Waals surface area contributed by atoms with Crippen molar-refractivity contribution in [2.24, 2.45) is 0 Å². The van der Waals surface area contributed by atoms with Crippen LogP contribution in [0.25, 0.3) is 21.5 Å². The van der Waals surface area contributed by atoms with E-state index in [0.717, 1.165) is 32.9 Å². The van der Waals surface area contributed by atoms with E-state index in [2.05, 4.69) is 10.8 Å². The van der Waals surface area contributed by atoms with Crippen LogP contribution in [0.1, 0.15) is 17.0 Å². The van der Waals surface area contributed by atoms with Gasteiger partial charge in [0.1, 0.15) is 11.5 Å². The smallest absolute Gasteiger partial charge is 0.327 e. The Bertz CT molecular complexity index is 1400. The minimum atomic E-state index is -0.930. The molecule has 0 saturated carbocycles. The molecule has 0 heterocycles. The lowest BCUT2D eigenvalue weighted by molar-refractivity contribution is -0.140. The van der Waals surface area contributed by atoms with Crippen molar-refractivity contribution < 1.29 is 19.0 Å². The van der Waals surface area contributed by atoms with Gasteiger partial charge in [-0.05, 0) is 56.9 Å². The molecule has 0 aliphatic carbocycles. The molecule has 6 heteroatoms. The van der Waals surface area contributed by atoms with Gasteiger partial charge in [0.2, 0.25) is 0 Å². The fourth-order valence-corrected chi connectivity index (χ4v) is 3.70. The Balaban J connectivity index is 0.000000196. The number of hydrogen-bond donors (Lipinski definition) is 0. The van der Waals surface area contributed by atoms with Crippen molar-refractivity contribution in [2.75, 3.05) is 21.3 Å². The largest absolute Gasteiger partial charge is 0.497 e. The van der Waals surface area contributed by atoms with Gasteiger partial charge in [-0.3, -0.25) is 4.79 Å². The van der Waals surface area contributed by atoms with Crippen molar-refractivity contribution >= 4 is 27.5 Å². The third-order valence-corrected chi connectivity index (χ3v) is 5.45. The summed E-state index contributed by atoms with van der Waals surface area (Å²) >= 11 is 0. The predicted molar refractivity (Wildman–Crippen MR) is 131 cm³/mol. The molecule has 4 aromatic rings. The van der Waals surface area contributed by atoms with Crippen LogP contribution in [-0.4, -0.2) is 27.3 Å². The molecule has 0 N–H and O–H groups in total. The molecule has 6 nitrogen and oxygen atoms in total. The molecular formula is C28H24N2O4. The first-order chi connectivity index (χ1) is 16.6. The zero-order valence-corrected chi connectivity index (χ0v) is 19.2. The molecule has 4 aromatic carbocycles. The Kier molecular flexibility index (Phi) is 8.05. The van der Waals surface area contributed by atoms with Crippen LogP contribution in [0.5, 0.6) is 11.5 Å². The molecule has 0 spiro atoms. The van der Waals surface area contributed by atoms with Gasteiger partial charge in [-0.15, -0.1) is 0 Å². The van der Waals surface area contributed by atoms with Crippen molar-refractivity contribution in [1.82, 2.24) is 0 Å². The first kappa shape index (κ1) is 24.1. The lowest BCUT2D eigenvalue weighted by Gasteiger charge is -2.11. The molecule has 0 radical (unpaired) electrons. The maximum atomic E-state index is 11.7. The molecule has 0 aliphatic heterocycles. The Morgan fingerprint density at radius 1 is 0.824 bits per heavy atom. The number of nitrogens with zero attached hydrogens (tertiary/aromatic N) is 2. The van der Waals surface area contributed by atoms with E-state index in [9.17, 15) is 10.1 Å². The Morgan fingerprint density at radius 3 is 1.97 bits per heavy atom. The lowest BCUT2D eigenvalue weighted by Crippen LogP contribution is -2.12. The van der Waals surface area contributed by atoms with Crippen molar-refractivity contribution in [2.45, 2.75) is 12.3 Å². The van der Waals surface area contributed by atoms with Gasteiger partial charge >= 0.3 is 5.97 Å². The number of fused-ring (bicyclic) bond motifs is 2. The standard InChI is InChI=1S/C15H13NO3.C13H11NO/c1-18-11-7-6-10-4-3-5-12(13(10)8-11)14(9-16)15(17)19-2;1-15-12-6-5-10-3-2-4-11(7-8-14)13(10)9-12/h3-8,14H,1-2H3;2-6,9H,7H2,1H3. The van der Waals surface area contributed by atoms with Gasteiger partial charge < -0.3 is 14.2 Å². The number of hydrogen-bond acceptors (Lipinski definition) is 6. The summed E-state index contributed by atoms with van der Waals surface area (Å²) in [5.74, 6) is 0.0213. The quantitative estimate of drug-likeness (QED) is 0.369. The van der Waals surface area contributed by atoms with Gasteiger partial charge in [0.25, 0.3) is 0 Å². The van der Waals surface area contributed by atoms with E-state index in [1.165, 1.54) is 7.11 Å². The summed E-state index contributed by atoms with van der Waals surface area (Å²) in [6.45, 7) is 0. The van der Waals surface area contributed by atoms with Gasteiger partial charge in [0.15, 0.2) is 5.92 Å². The molecule has 0 aliphatic rings. The van der Waals surface area contributed by atoms with E-state index in [4.69, 9.17) is 14.7 Å². The van der Waals surface area contributed by atoms with Crippen LogP contribution in [-0.2, 0) is 16.0 Å². The van der Waals surface area contributed by atoms with E-state index in [-0.39, 0.29) is 0 Å². The number of esters is 1. The summed E-state index contributed by atoms with van der Waals surface area (Å²) in [5, 5.41) is 21.9. The molecule has 0 fully saturated rings. The Labute approximate surface area is 198 Å². The number of carbonyl (C=O) groups excluding carboxylic acids is 1. The highest BCUT2D eigenvalue weighted by atomic mass is 16.5. The topological polar surface area (TPSA) is 92.3 Å². The van der Waals surface area contributed by atoms with Crippen molar-refractivity contribution in [1.29, 1.82) is 10.5 Å². The van der Waals surface area contributed by atoms with Crippen LogP contribution in [0.4, 0.5) is 0 Å². The van der Waals surface area contributed by atoms with Crippen molar-refractivity contribution in [3.63, 3.8) is 0 Å². The normalized spacial score (nSPS) is 10.9. The number of rotatable bonds is 5. The van der Waals surface area contributed by atoms with Crippen LogP contribution in [0.2, 0.25) is 0 Å². The van der Waals surface area contributed by atoms with Gasteiger partial charge in [0.05, 0.1) is 39.9 Å². The average molecular weight is 453 g/mol. The highest BCUT2D eigenvalue weighted by molar-refractivity contribution is 5.93. The highest BCUT2D eigenvalue weighted by Crippen LogP contribution is 2.29. The maximum Gasteiger partial charge on any atom is 0.327 e. The second kappa shape index (κ2) is 11.4. The summed E-state index contributed by atoms with van der Waals surface area (Å²) in [7, 11) is 4.50. The predicted octanol–water partition coefficient (Wildman–Crippen LogP) is 5.54. The molecule has 0 aromatic heterocycles. The van der Waals surface area contributed by atoms with Crippen LogP contribution in [0.15, 0.2) is 72.8 Å². The molecule has 0 amide bonds. The summed E-state index contributed by atoms with van der Waals surface area (Å²) in [5.41, 5.74) is 1.68. The first-order valence-corrected chi connectivity index (χ1v) is 10.5. The zero-order valence-electron chi connectivity index (χ0n) is 19.2. The highest BCUT2D eigenvalue weighted by Gasteiger charge is 2.23. The molecule has 170 valence electrons. The van der Waals surface area contributed by atoms with Crippen molar-refractivity contribution in [3.05, 3.63) is 83.9 Å². The first-order valence-electron chi connectivity index (χ1n) is 10.5. The average Bonchev–Trinajstić information content (AvgIpc) is 2.89. The van der Waals surface area contributed by atoms with E-state index < -0.39 is 11.9 Å². The molecule has 34 heavy (non-hydrogen) atoms. The lowest BCUT2D eigenvalue weighted by atomic mass is 9.94. The molecule has 0 saturated heterocycles. The minimum absolute atomic E-state index is 0.435. The molecule has 0 bridgehead atoms. The van der Waals surface area contributed by atoms with E-state index in [1.54, 1.807) is 20.3 Å². The SMILES string of the molecule is COC(=O)C(C#N)c1cccc2ccc(OC)cc12.COc1ccc2cccc(CC#N)c2c1. The summed E-state index contributed by atoms with van der Waals surface area (Å²) in [6.07, 6.45) is 0.435. The maximum absolute atomic E-state index is 11.7. The molecule has 1 unspecified atom stereocenters. The van der Waals surface area contributed by atoms with Gasteiger partial charge in [0, 0.05) is 0 Å². The zero-order chi connectivity index (χ0) is 24.5. The fraction of sp³-hybridized carbons (Fsp3) is 0.179. The number of nitriles is 2. The summed E-state index contributed by atoms with van der Waals surface area (Å²) < 4.78 is 15.0. The summed E-state index contributed by atoms with van der Waals surface area (Å²) in [6, 6.07) is 27.1. The van der Waals surface area contributed by atoms with Crippen LogP contribution >= 0.6 is 0 Å². The third-order valence-electron chi connectivity index (χ3n) is 5.45.